The fourth-order valence-corrected chi connectivity index (χ4v) is 3.25. The van der Waals surface area contributed by atoms with Crippen molar-refractivity contribution in [2.24, 2.45) is 0 Å². The lowest BCUT2D eigenvalue weighted by Crippen LogP contribution is -2.27. The predicted octanol–water partition coefficient (Wildman–Crippen LogP) is 2.78. The molecule has 3 aromatic rings. The molecule has 1 heterocycles. The van der Waals surface area contributed by atoms with Crippen molar-refractivity contribution in [3.8, 4) is 0 Å². The van der Waals surface area contributed by atoms with Crippen LogP contribution < -0.4 is 5.56 Å². The van der Waals surface area contributed by atoms with Crippen LogP contribution in [0.2, 0.25) is 0 Å². The highest BCUT2D eigenvalue weighted by Crippen LogP contribution is 2.16. The van der Waals surface area contributed by atoms with Crippen LogP contribution in [-0.2, 0) is 17.8 Å². The lowest BCUT2D eigenvalue weighted by Gasteiger charge is -2.18. The SMILES string of the molecule is CCn1c(=O)c(C)nc2cc(C(=O)N(C)Cc3ccc(C(=O)OC)cc3)ccc21. The zero-order chi connectivity index (χ0) is 21.1. The molecule has 1 amide bonds. The van der Waals surface area contributed by atoms with E-state index in [9.17, 15) is 14.4 Å². The third kappa shape index (κ3) is 4.03. The molecular weight excluding hydrogens is 370 g/mol. The molecule has 0 saturated carbocycles. The van der Waals surface area contributed by atoms with Gasteiger partial charge in [0.1, 0.15) is 5.69 Å². The number of methoxy groups -OCH3 is 1. The van der Waals surface area contributed by atoms with Crippen LogP contribution in [0.3, 0.4) is 0 Å². The van der Waals surface area contributed by atoms with Gasteiger partial charge in [0.2, 0.25) is 0 Å². The first-order valence-electron chi connectivity index (χ1n) is 9.29. The number of nitrogens with zero attached hydrogens (tertiary/aromatic N) is 3. The number of aryl methyl sites for hydroxylation is 2. The Kier molecular flexibility index (Phi) is 5.77. The van der Waals surface area contributed by atoms with Crippen LogP contribution in [0.1, 0.15) is 38.9 Å². The third-order valence-electron chi connectivity index (χ3n) is 4.81. The number of aromatic nitrogens is 2. The van der Waals surface area contributed by atoms with E-state index in [2.05, 4.69) is 9.72 Å². The first kappa shape index (κ1) is 20.3. The monoisotopic (exact) mass is 393 g/mol. The Morgan fingerprint density at radius 2 is 1.76 bits per heavy atom. The van der Waals surface area contributed by atoms with Gasteiger partial charge in [0.25, 0.3) is 11.5 Å². The molecule has 0 atom stereocenters. The summed E-state index contributed by atoms with van der Waals surface area (Å²) in [5, 5.41) is 0. The second-order valence-corrected chi connectivity index (χ2v) is 6.80. The standard InChI is InChI=1S/C22H23N3O4/c1-5-25-19-11-10-17(12-18(19)23-14(2)20(25)26)21(27)24(3)13-15-6-8-16(9-7-15)22(28)29-4/h6-12H,5,13H2,1-4H3. The summed E-state index contributed by atoms with van der Waals surface area (Å²) in [6.45, 7) is 4.50. The average Bonchev–Trinajstić information content (AvgIpc) is 2.73. The molecule has 0 radical (unpaired) electrons. The van der Waals surface area contributed by atoms with Gasteiger partial charge in [-0.2, -0.15) is 0 Å². The molecule has 0 bridgehead atoms. The van der Waals surface area contributed by atoms with Gasteiger partial charge >= 0.3 is 5.97 Å². The number of carbonyl (C=O) groups excluding carboxylic acids is 2. The molecule has 0 spiro atoms. The summed E-state index contributed by atoms with van der Waals surface area (Å²) in [6.07, 6.45) is 0. The van der Waals surface area contributed by atoms with Gasteiger partial charge < -0.3 is 14.2 Å². The van der Waals surface area contributed by atoms with Crippen LogP contribution in [-0.4, -0.2) is 40.5 Å². The summed E-state index contributed by atoms with van der Waals surface area (Å²) in [4.78, 5) is 42.6. The lowest BCUT2D eigenvalue weighted by atomic mass is 10.1. The molecule has 0 aliphatic rings. The number of carbonyl (C=O) groups is 2. The van der Waals surface area contributed by atoms with Crippen LogP contribution in [0.4, 0.5) is 0 Å². The van der Waals surface area contributed by atoms with Crippen molar-refractivity contribution in [3.63, 3.8) is 0 Å². The Morgan fingerprint density at radius 3 is 2.38 bits per heavy atom. The first-order valence-corrected chi connectivity index (χ1v) is 9.29. The normalized spacial score (nSPS) is 10.8. The van der Waals surface area contributed by atoms with Crippen LogP contribution in [0.5, 0.6) is 0 Å². The lowest BCUT2D eigenvalue weighted by molar-refractivity contribution is 0.0600. The Labute approximate surface area is 168 Å². The average molecular weight is 393 g/mol. The Balaban J connectivity index is 1.84. The first-order chi connectivity index (χ1) is 13.8. The maximum absolute atomic E-state index is 12.9. The van der Waals surface area contributed by atoms with Gasteiger partial charge in [-0.25, -0.2) is 9.78 Å². The smallest absolute Gasteiger partial charge is 0.337 e. The van der Waals surface area contributed by atoms with E-state index in [4.69, 9.17) is 0 Å². The van der Waals surface area contributed by atoms with E-state index in [-0.39, 0.29) is 11.5 Å². The summed E-state index contributed by atoms with van der Waals surface area (Å²) in [6, 6.07) is 12.1. The highest BCUT2D eigenvalue weighted by atomic mass is 16.5. The number of fused-ring (bicyclic) bond motifs is 1. The summed E-state index contributed by atoms with van der Waals surface area (Å²) in [5.74, 6) is -0.553. The number of rotatable bonds is 5. The number of benzene rings is 2. The molecule has 0 saturated heterocycles. The molecule has 0 N–H and O–H groups in total. The van der Waals surface area contributed by atoms with Gasteiger partial charge in [0, 0.05) is 25.7 Å². The number of esters is 1. The largest absolute Gasteiger partial charge is 0.465 e. The number of amides is 1. The van der Waals surface area contributed by atoms with E-state index in [1.54, 1.807) is 65.9 Å². The van der Waals surface area contributed by atoms with E-state index in [0.717, 1.165) is 5.56 Å². The topological polar surface area (TPSA) is 81.5 Å². The minimum atomic E-state index is -0.398. The Morgan fingerprint density at radius 1 is 1.10 bits per heavy atom. The molecule has 2 aromatic carbocycles. The fourth-order valence-electron chi connectivity index (χ4n) is 3.25. The van der Waals surface area contributed by atoms with Crippen LogP contribution in [0.25, 0.3) is 11.0 Å². The van der Waals surface area contributed by atoms with Gasteiger partial charge in [0.05, 0.1) is 23.7 Å². The van der Waals surface area contributed by atoms with Crippen molar-refractivity contribution < 1.29 is 14.3 Å². The second kappa shape index (κ2) is 8.26. The minimum absolute atomic E-state index is 0.119. The number of ether oxygens (including phenoxy) is 1. The van der Waals surface area contributed by atoms with Crippen LogP contribution in [0.15, 0.2) is 47.3 Å². The fraction of sp³-hybridized carbons (Fsp3) is 0.273. The maximum Gasteiger partial charge on any atom is 0.337 e. The van der Waals surface area contributed by atoms with Gasteiger partial charge in [-0.1, -0.05) is 12.1 Å². The quantitative estimate of drug-likeness (QED) is 0.623. The van der Waals surface area contributed by atoms with Crippen LogP contribution in [0, 0.1) is 6.92 Å². The van der Waals surface area contributed by atoms with E-state index >= 15 is 0 Å². The molecule has 7 nitrogen and oxygen atoms in total. The number of hydrogen-bond donors (Lipinski definition) is 0. The van der Waals surface area contributed by atoms with Crippen molar-refractivity contribution in [2.75, 3.05) is 14.2 Å². The minimum Gasteiger partial charge on any atom is -0.465 e. The van der Waals surface area contributed by atoms with Crippen molar-refractivity contribution in [1.29, 1.82) is 0 Å². The van der Waals surface area contributed by atoms with Gasteiger partial charge in [0.15, 0.2) is 0 Å². The molecule has 1 aromatic heterocycles. The molecule has 0 aliphatic carbocycles. The van der Waals surface area contributed by atoms with Gasteiger partial charge in [-0.05, 0) is 49.7 Å². The van der Waals surface area contributed by atoms with E-state index in [1.165, 1.54) is 7.11 Å². The molecule has 7 heteroatoms. The molecule has 150 valence electrons. The highest BCUT2D eigenvalue weighted by Gasteiger charge is 2.15. The second-order valence-electron chi connectivity index (χ2n) is 6.80. The summed E-state index contributed by atoms with van der Waals surface area (Å²) in [7, 11) is 3.05. The molecular formula is C22H23N3O4. The van der Waals surface area contributed by atoms with Gasteiger partial charge in [-0.3, -0.25) is 9.59 Å². The Hall–Kier alpha value is -3.48. The third-order valence-corrected chi connectivity index (χ3v) is 4.81. The van der Waals surface area contributed by atoms with Crippen molar-refractivity contribution in [1.82, 2.24) is 14.5 Å². The predicted molar refractivity (Wildman–Crippen MR) is 110 cm³/mol. The molecule has 0 aliphatic heterocycles. The van der Waals surface area contributed by atoms with Crippen LogP contribution >= 0.6 is 0 Å². The molecule has 0 unspecified atom stereocenters. The van der Waals surface area contributed by atoms with Crippen molar-refractivity contribution in [2.45, 2.75) is 26.9 Å². The molecule has 29 heavy (non-hydrogen) atoms. The summed E-state index contributed by atoms with van der Waals surface area (Å²) >= 11 is 0. The van der Waals surface area contributed by atoms with E-state index < -0.39 is 5.97 Å². The van der Waals surface area contributed by atoms with Gasteiger partial charge in [-0.15, -0.1) is 0 Å². The molecule has 0 fully saturated rings. The number of hydrogen-bond acceptors (Lipinski definition) is 5. The zero-order valence-corrected chi connectivity index (χ0v) is 16.9. The van der Waals surface area contributed by atoms with Crippen molar-refractivity contribution >= 4 is 22.9 Å². The Bertz CT molecular complexity index is 1130. The summed E-state index contributed by atoms with van der Waals surface area (Å²) in [5.41, 5.74) is 3.46. The van der Waals surface area contributed by atoms with E-state index in [1.807, 2.05) is 6.92 Å². The van der Waals surface area contributed by atoms with E-state index in [0.29, 0.717) is 40.9 Å². The summed E-state index contributed by atoms with van der Waals surface area (Å²) < 4.78 is 6.34. The maximum atomic E-state index is 12.9. The highest BCUT2D eigenvalue weighted by molar-refractivity contribution is 5.97. The zero-order valence-electron chi connectivity index (χ0n) is 16.9. The van der Waals surface area contributed by atoms with Crippen molar-refractivity contribution in [3.05, 3.63) is 75.2 Å². The molecule has 3 rings (SSSR count).